The largest absolute Gasteiger partial charge is 0.494 e. The Morgan fingerprint density at radius 2 is 1.79 bits per heavy atom. The van der Waals surface area contributed by atoms with E-state index in [1.165, 1.54) is 6.07 Å². The zero-order valence-corrected chi connectivity index (χ0v) is 13.3. The summed E-state index contributed by atoms with van der Waals surface area (Å²) >= 11 is 0. The normalized spacial score (nSPS) is 11.8. The number of nitrogens with one attached hydrogen (secondary N) is 1. The van der Waals surface area contributed by atoms with Crippen molar-refractivity contribution in [2.75, 3.05) is 13.2 Å². The number of halogens is 2. The molecular weight excluding hydrogens is 316 g/mol. The number of carbonyl (C=O) groups is 1. The van der Waals surface area contributed by atoms with Crippen LogP contribution in [0, 0.1) is 11.6 Å². The van der Waals surface area contributed by atoms with Gasteiger partial charge in [-0.05, 0) is 36.8 Å². The van der Waals surface area contributed by atoms with Gasteiger partial charge in [0.1, 0.15) is 23.5 Å². The quantitative estimate of drug-likeness (QED) is 0.818. The maximum absolute atomic E-state index is 13.5. The molecule has 0 saturated heterocycles. The van der Waals surface area contributed by atoms with E-state index < -0.39 is 23.3 Å². The van der Waals surface area contributed by atoms with Gasteiger partial charge in [-0.1, -0.05) is 18.2 Å². The van der Waals surface area contributed by atoms with Crippen LogP contribution in [0.15, 0.2) is 42.5 Å². The van der Waals surface area contributed by atoms with Crippen molar-refractivity contribution in [3.8, 4) is 5.75 Å². The van der Waals surface area contributed by atoms with Crippen LogP contribution in [0.2, 0.25) is 0 Å². The molecule has 1 unspecified atom stereocenters. The molecule has 2 rings (SSSR count). The van der Waals surface area contributed by atoms with E-state index in [1.807, 2.05) is 6.92 Å². The first-order chi connectivity index (χ1) is 11.5. The Labute approximate surface area is 139 Å². The Morgan fingerprint density at radius 3 is 2.38 bits per heavy atom. The van der Waals surface area contributed by atoms with Crippen LogP contribution in [0.1, 0.15) is 24.2 Å². The molecule has 1 atom stereocenters. The molecular formula is C18H19F2NO3. The third kappa shape index (κ3) is 4.76. The molecule has 0 spiro atoms. The SMILES string of the molecule is CCOc1ccc(CC(=O)NCC(O)c2c(F)cccc2F)cc1. The number of benzene rings is 2. The minimum Gasteiger partial charge on any atom is -0.494 e. The summed E-state index contributed by atoms with van der Waals surface area (Å²) in [6.45, 7) is 2.17. The second-order valence-corrected chi connectivity index (χ2v) is 5.21. The van der Waals surface area contributed by atoms with E-state index in [0.717, 1.165) is 17.7 Å². The lowest BCUT2D eigenvalue weighted by atomic mass is 10.1. The molecule has 4 nitrogen and oxygen atoms in total. The van der Waals surface area contributed by atoms with E-state index in [2.05, 4.69) is 5.32 Å². The highest BCUT2D eigenvalue weighted by molar-refractivity contribution is 5.78. The van der Waals surface area contributed by atoms with Gasteiger partial charge in [-0.25, -0.2) is 8.78 Å². The van der Waals surface area contributed by atoms with Crippen LogP contribution in [-0.4, -0.2) is 24.2 Å². The lowest BCUT2D eigenvalue weighted by Gasteiger charge is -2.14. The summed E-state index contributed by atoms with van der Waals surface area (Å²) in [5.41, 5.74) is 0.321. The van der Waals surface area contributed by atoms with Crippen LogP contribution in [0.4, 0.5) is 8.78 Å². The fourth-order valence-electron chi connectivity index (χ4n) is 2.26. The van der Waals surface area contributed by atoms with E-state index in [9.17, 15) is 18.7 Å². The molecule has 24 heavy (non-hydrogen) atoms. The van der Waals surface area contributed by atoms with Crippen LogP contribution in [0.3, 0.4) is 0 Å². The Balaban J connectivity index is 1.88. The lowest BCUT2D eigenvalue weighted by Crippen LogP contribution is -2.30. The molecule has 128 valence electrons. The van der Waals surface area contributed by atoms with Gasteiger partial charge >= 0.3 is 0 Å². The standard InChI is InChI=1S/C18H19F2NO3/c1-2-24-13-8-6-12(7-9-13)10-17(23)21-11-16(22)18-14(19)4-3-5-15(18)20/h3-9,16,22H,2,10-11H2,1H3,(H,21,23). The highest BCUT2D eigenvalue weighted by Crippen LogP contribution is 2.20. The Kier molecular flexibility index (Phi) is 6.26. The van der Waals surface area contributed by atoms with Gasteiger partial charge in [0, 0.05) is 6.54 Å². The highest BCUT2D eigenvalue weighted by Gasteiger charge is 2.18. The molecule has 0 aromatic heterocycles. The summed E-state index contributed by atoms with van der Waals surface area (Å²) in [5, 5.41) is 12.4. The predicted octanol–water partition coefficient (Wildman–Crippen LogP) is 2.76. The van der Waals surface area contributed by atoms with E-state index in [-0.39, 0.29) is 18.9 Å². The van der Waals surface area contributed by atoms with Gasteiger partial charge in [0.15, 0.2) is 0 Å². The van der Waals surface area contributed by atoms with E-state index >= 15 is 0 Å². The van der Waals surface area contributed by atoms with Crippen molar-refractivity contribution in [1.82, 2.24) is 5.32 Å². The summed E-state index contributed by atoms with van der Waals surface area (Å²) < 4.78 is 32.4. The Morgan fingerprint density at radius 1 is 1.17 bits per heavy atom. The van der Waals surface area contributed by atoms with Gasteiger partial charge < -0.3 is 15.2 Å². The van der Waals surface area contributed by atoms with Crippen LogP contribution >= 0.6 is 0 Å². The number of ether oxygens (including phenoxy) is 1. The zero-order chi connectivity index (χ0) is 17.5. The van der Waals surface area contributed by atoms with Crippen molar-refractivity contribution in [2.24, 2.45) is 0 Å². The molecule has 2 N–H and O–H groups in total. The summed E-state index contributed by atoms with van der Waals surface area (Å²) in [5.74, 6) is -1.33. The van der Waals surface area contributed by atoms with Crippen LogP contribution in [0.25, 0.3) is 0 Å². The van der Waals surface area contributed by atoms with E-state index in [0.29, 0.717) is 12.4 Å². The van der Waals surface area contributed by atoms with Crippen molar-refractivity contribution in [3.05, 3.63) is 65.2 Å². The number of aliphatic hydroxyl groups excluding tert-OH is 1. The smallest absolute Gasteiger partial charge is 0.224 e. The number of carbonyl (C=O) groups excluding carboxylic acids is 1. The number of rotatable bonds is 7. The molecule has 0 radical (unpaired) electrons. The molecule has 1 amide bonds. The van der Waals surface area contributed by atoms with Gasteiger partial charge in [0.25, 0.3) is 0 Å². The summed E-state index contributed by atoms with van der Waals surface area (Å²) in [7, 11) is 0. The maximum Gasteiger partial charge on any atom is 0.224 e. The van der Waals surface area contributed by atoms with Crippen molar-refractivity contribution in [3.63, 3.8) is 0 Å². The highest BCUT2D eigenvalue weighted by atomic mass is 19.1. The van der Waals surface area contributed by atoms with Gasteiger partial charge in [0.05, 0.1) is 18.6 Å². The van der Waals surface area contributed by atoms with E-state index in [1.54, 1.807) is 24.3 Å². The number of amides is 1. The van der Waals surface area contributed by atoms with Crippen LogP contribution in [0.5, 0.6) is 5.75 Å². The minimum absolute atomic E-state index is 0.0961. The number of aliphatic hydroxyl groups is 1. The molecule has 2 aromatic rings. The molecule has 0 bridgehead atoms. The molecule has 0 aliphatic heterocycles. The van der Waals surface area contributed by atoms with Crippen LogP contribution in [-0.2, 0) is 11.2 Å². The molecule has 0 fully saturated rings. The van der Waals surface area contributed by atoms with Crippen molar-refractivity contribution >= 4 is 5.91 Å². The molecule has 0 aliphatic rings. The molecule has 2 aromatic carbocycles. The summed E-state index contributed by atoms with van der Waals surface area (Å²) in [4.78, 5) is 11.9. The minimum atomic E-state index is -1.45. The Bertz CT molecular complexity index is 669. The molecule has 6 heteroatoms. The molecule has 0 saturated carbocycles. The molecule has 0 heterocycles. The van der Waals surface area contributed by atoms with E-state index in [4.69, 9.17) is 4.74 Å². The fraction of sp³-hybridized carbons (Fsp3) is 0.278. The third-order valence-electron chi connectivity index (χ3n) is 3.42. The number of hydrogen-bond donors (Lipinski definition) is 2. The fourth-order valence-corrected chi connectivity index (χ4v) is 2.26. The van der Waals surface area contributed by atoms with Gasteiger partial charge in [-0.3, -0.25) is 4.79 Å². The number of hydrogen-bond acceptors (Lipinski definition) is 3. The van der Waals surface area contributed by atoms with Gasteiger partial charge in [-0.2, -0.15) is 0 Å². The second-order valence-electron chi connectivity index (χ2n) is 5.21. The van der Waals surface area contributed by atoms with Crippen molar-refractivity contribution in [2.45, 2.75) is 19.4 Å². The topological polar surface area (TPSA) is 58.6 Å². The monoisotopic (exact) mass is 335 g/mol. The second kappa shape index (κ2) is 8.40. The van der Waals surface area contributed by atoms with Crippen molar-refractivity contribution in [1.29, 1.82) is 0 Å². The summed E-state index contributed by atoms with van der Waals surface area (Å²) in [6.07, 6.45) is -1.35. The van der Waals surface area contributed by atoms with Gasteiger partial charge in [0.2, 0.25) is 5.91 Å². The van der Waals surface area contributed by atoms with Crippen LogP contribution < -0.4 is 10.1 Å². The third-order valence-corrected chi connectivity index (χ3v) is 3.42. The Hall–Kier alpha value is -2.47. The lowest BCUT2D eigenvalue weighted by molar-refractivity contribution is -0.120. The van der Waals surface area contributed by atoms with Gasteiger partial charge in [-0.15, -0.1) is 0 Å². The average molecular weight is 335 g/mol. The summed E-state index contributed by atoms with van der Waals surface area (Å²) in [6, 6.07) is 10.4. The maximum atomic E-state index is 13.5. The first kappa shape index (κ1) is 17.9. The molecule has 0 aliphatic carbocycles. The first-order valence-corrected chi connectivity index (χ1v) is 7.61. The predicted molar refractivity (Wildman–Crippen MR) is 85.6 cm³/mol. The first-order valence-electron chi connectivity index (χ1n) is 7.61. The average Bonchev–Trinajstić information content (AvgIpc) is 2.55. The zero-order valence-electron chi connectivity index (χ0n) is 13.3. The van der Waals surface area contributed by atoms with Crippen molar-refractivity contribution < 1.29 is 23.4 Å².